The van der Waals surface area contributed by atoms with Crippen molar-refractivity contribution in [3.05, 3.63) is 70.7 Å². The van der Waals surface area contributed by atoms with Gasteiger partial charge in [-0.1, -0.05) is 48.0 Å². The Hall–Kier alpha value is -2.33. The fourth-order valence-electron chi connectivity index (χ4n) is 2.37. The lowest BCUT2D eigenvalue weighted by Gasteiger charge is -2.21. The lowest BCUT2D eigenvalue weighted by atomic mass is 10.1. The minimum absolute atomic E-state index is 0.0199. The molecule has 4 nitrogen and oxygen atoms in total. The van der Waals surface area contributed by atoms with E-state index >= 15 is 0 Å². The minimum Gasteiger partial charge on any atom is -0.343 e. The molecule has 0 saturated heterocycles. The molecule has 0 aliphatic heterocycles. The first-order valence-corrected chi connectivity index (χ1v) is 8.33. The van der Waals surface area contributed by atoms with Gasteiger partial charge in [-0.15, -0.1) is 0 Å². The zero-order chi connectivity index (χ0) is 17.4. The van der Waals surface area contributed by atoms with Crippen molar-refractivity contribution in [1.82, 2.24) is 10.2 Å². The van der Waals surface area contributed by atoms with Crippen LogP contribution in [0.1, 0.15) is 22.8 Å². The van der Waals surface area contributed by atoms with Gasteiger partial charge in [-0.2, -0.15) is 0 Å². The van der Waals surface area contributed by atoms with E-state index in [1.165, 1.54) is 5.56 Å². The molecule has 0 heterocycles. The molecule has 2 amide bonds. The topological polar surface area (TPSA) is 49.4 Å². The Bertz CT molecular complexity index is 689. The van der Waals surface area contributed by atoms with Crippen molar-refractivity contribution >= 4 is 23.4 Å². The molecule has 0 aliphatic carbocycles. The minimum atomic E-state index is -0.301. The summed E-state index contributed by atoms with van der Waals surface area (Å²) in [5.41, 5.74) is 1.63. The predicted octanol–water partition coefficient (Wildman–Crippen LogP) is 3.16. The van der Waals surface area contributed by atoms with Gasteiger partial charge >= 0.3 is 0 Å². The number of carbonyl (C=O) groups is 2. The summed E-state index contributed by atoms with van der Waals surface area (Å²) < 4.78 is 0. The van der Waals surface area contributed by atoms with E-state index in [0.717, 1.165) is 6.42 Å². The van der Waals surface area contributed by atoms with Gasteiger partial charge in [0, 0.05) is 23.7 Å². The zero-order valence-corrected chi connectivity index (χ0v) is 14.4. The van der Waals surface area contributed by atoms with Gasteiger partial charge in [0.1, 0.15) is 0 Å². The van der Waals surface area contributed by atoms with E-state index in [1.807, 2.05) is 37.3 Å². The Morgan fingerprint density at radius 3 is 2.50 bits per heavy atom. The Morgan fingerprint density at radius 1 is 1.08 bits per heavy atom. The maximum atomic E-state index is 12.3. The molecule has 0 aliphatic rings. The average molecular weight is 345 g/mol. The first kappa shape index (κ1) is 18.0. The Balaban J connectivity index is 1.84. The van der Waals surface area contributed by atoms with Crippen LogP contribution in [-0.2, 0) is 11.2 Å². The fraction of sp³-hybridized carbons (Fsp3) is 0.263. The van der Waals surface area contributed by atoms with E-state index in [9.17, 15) is 9.59 Å². The number of hydrogen-bond donors (Lipinski definition) is 1. The van der Waals surface area contributed by atoms with Crippen LogP contribution in [0.2, 0.25) is 5.02 Å². The first-order chi connectivity index (χ1) is 11.6. The van der Waals surface area contributed by atoms with Crippen LogP contribution in [0.5, 0.6) is 0 Å². The van der Waals surface area contributed by atoms with Gasteiger partial charge in [-0.25, -0.2) is 0 Å². The van der Waals surface area contributed by atoms with Crippen molar-refractivity contribution < 1.29 is 9.59 Å². The third-order valence-electron chi connectivity index (χ3n) is 3.73. The number of carbonyl (C=O) groups excluding carboxylic acids is 2. The van der Waals surface area contributed by atoms with Crippen molar-refractivity contribution in [2.45, 2.75) is 13.3 Å². The number of rotatable bonds is 7. The Kier molecular flexibility index (Phi) is 6.82. The molecule has 0 atom stereocenters. The van der Waals surface area contributed by atoms with E-state index in [2.05, 4.69) is 5.32 Å². The molecule has 0 fully saturated rings. The van der Waals surface area contributed by atoms with Crippen LogP contribution >= 0.6 is 11.6 Å². The van der Waals surface area contributed by atoms with Gasteiger partial charge in [0.2, 0.25) is 5.91 Å². The second kappa shape index (κ2) is 9.08. The Labute approximate surface area is 147 Å². The molecule has 0 unspecified atom stereocenters. The highest BCUT2D eigenvalue weighted by atomic mass is 35.5. The average Bonchev–Trinajstić information content (AvgIpc) is 2.61. The van der Waals surface area contributed by atoms with Gasteiger partial charge in [-0.05, 0) is 37.1 Å². The van der Waals surface area contributed by atoms with Gasteiger partial charge in [0.05, 0.1) is 6.54 Å². The van der Waals surface area contributed by atoms with Gasteiger partial charge in [0.25, 0.3) is 5.91 Å². The van der Waals surface area contributed by atoms with E-state index in [-0.39, 0.29) is 18.4 Å². The van der Waals surface area contributed by atoms with E-state index in [1.54, 1.807) is 29.2 Å². The van der Waals surface area contributed by atoms with Crippen LogP contribution in [0.4, 0.5) is 0 Å². The van der Waals surface area contributed by atoms with Crippen LogP contribution in [0.25, 0.3) is 0 Å². The molecule has 24 heavy (non-hydrogen) atoms. The first-order valence-electron chi connectivity index (χ1n) is 7.95. The highest BCUT2D eigenvalue weighted by Crippen LogP contribution is 2.10. The summed E-state index contributed by atoms with van der Waals surface area (Å²) in [5, 5.41) is 3.14. The molecule has 0 bridgehead atoms. The highest BCUT2D eigenvalue weighted by molar-refractivity contribution is 6.30. The summed E-state index contributed by atoms with van der Waals surface area (Å²) in [7, 11) is 0. The maximum Gasteiger partial charge on any atom is 0.251 e. The fourth-order valence-corrected chi connectivity index (χ4v) is 2.56. The third kappa shape index (κ3) is 5.39. The summed E-state index contributed by atoms with van der Waals surface area (Å²) in [6.45, 7) is 3.15. The summed E-state index contributed by atoms with van der Waals surface area (Å²) in [6, 6.07) is 16.7. The molecular weight excluding hydrogens is 324 g/mol. The molecule has 2 aromatic rings. The second-order valence-electron chi connectivity index (χ2n) is 5.40. The van der Waals surface area contributed by atoms with Gasteiger partial charge in [-0.3, -0.25) is 9.59 Å². The number of amides is 2. The monoisotopic (exact) mass is 344 g/mol. The molecule has 0 aromatic heterocycles. The van der Waals surface area contributed by atoms with E-state index in [4.69, 9.17) is 11.6 Å². The van der Waals surface area contributed by atoms with Crippen LogP contribution in [0.3, 0.4) is 0 Å². The standard InChI is InChI=1S/C19H21ClN2O2/c1-2-22(12-11-15-7-4-3-5-8-15)18(23)14-21-19(24)16-9-6-10-17(20)13-16/h3-10,13H,2,11-12,14H2,1H3,(H,21,24). The van der Waals surface area contributed by atoms with Crippen LogP contribution < -0.4 is 5.32 Å². The van der Waals surface area contributed by atoms with Crippen LogP contribution in [0, 0.1) is 0 Å². The Morgan fingerprint density at radius 2 is 1.83 bits per heavy atom. The molecule has 0 radical (unpaired) electrons. The van der Waals surface area contributed by atoms with Gasteiger partial charge in [0.15, 0.2) is 0 Å². The van der Waals surface area contributed by atoms with Crippen molar-refractivity contribution in [2.24, 2.45) is 0 Å². The quantitative estimate of drug-likeness (QED) is 0.838. The van der Waals surface area contributed by atoms with E-state index < -0.39 is 0 Å². The smallest absolute Gasteiger partial charge is 0.251 e. The summed E-state index contributed by atoms with van der Waals surface area (Å²) in [5.74, 6) is -0.395. The SMILES string of the molecule is CCN(CCc1ccccc1)C(=O)CNC(=O)c1cccc(Cl)c1. The van der Waals surface area contributed by atoms with E-state index in [0.29, 0.717) is 23.7 Å². The van der Waals surface area contributed by atoms with Crippen molar-refractivity contribution in [1.29, 1.82) is 0 Å². The lowest BCUT2D eigenvalue weighted by Crippen LogP contribution is -2.41. The molecule has 5 heteroatoms. The number of benzene rings is 2. The number of nitrogens with zero attached hydrogens (tertiary/aromatic N) is 1. The molecule has 0 saturated carbocycles. The molecule has 0 spiro atoms. The number of hydrogen-bond acceptors (Lipinski definition) is 2. The molecule has 126 valence electrons. The molecule has 2 aromatic carbocycles. The molecule has 1 N–H and O–H groups in total. The van der Waals surface area contributed by atoms with Crippen molar-refractivity contribution in [3.8, 4) is 0 Å². The number of likely N-dealkylation sites (N-methyl/N-ethyl adjacent to an activating group) is 1. The van der Waals surface area contributed by atoms with Crippen LogP contribution in [0.15, 0.2) is 54.6 Å². The molecular formula is C19H21ClN2O2. The number of nitrogens with one attached hydrogen (secondary N) is 1. The maximum absolute atomic E-state index is 12.3. The highest BCUT2D eigenvalue weighted by Gasteiger charge is 2.13. The summed E-state index contributed by atoms with van der Waals surface area (Å²) in [4.78, 5) is 26.1. The van der Waals surface area contributed by atoms with Gasteiger partial charge < -0.3 is 10.2 Å². The molecule has 2 rings (SSSR count). The summed E-state index contributed by atoms with van der Waals surface area (Å²) in [6.07, 6.45) is 0.794. The van der Waals surface area contributed by atoms with Crippen molar-refractivity contribution in [3.63, 3.8) is 0 Å². The lowest BCUT2D eigenvalue weighted by molar-refractivity contribution is -0.129. The predicted molar refractivity (Wildman–Crippen MR) is 96.2 cm³/mol. The second-order valence-corrected chi connectivity index (χ2v) is 5.84. The number of halogens is 1. The zero-order valence-electron chi connectivity index (χ0n) is 13.7. The normalized spacial score (nSPS) is 10.2. The summed E-state index contributed by atoms with van der Waals surface area (Å²) >= 11 is 5.87. The third-order valence-corrected chi connectivity index (χ3v) is 3.97. The van der Waals surface area contributed by atoms with Crippen molar-refractivity contribution in [2.75, 3.05) is 19.6 Å². The largest absolute Gasteiger partial charge is 0.343 e. The van der Waals surface area contributed by atoms with Crippen LogP contribution in [-0.4, -0.2) is 36.3 Å².